The second kappa shape index (κ2) is 3.74. The SMILES string of the molecule is CC(C)([SiH2]c1ccccc1)C(=O)O. The van der Waals surface area contributed by atoms with E-state index in [4.69, 9.17) is 5.11 Å². The average molecular weight is 194 g/mol. The number of hydrogen-bond donors (Lipinski definition) is 1. The lowest BCUT2D eigenvalue weighted by atomic mass is 10.2. The molecule has 0 saturated heterocycles. The van der Waals surface area contributed by atoms with Crippen LogP contribution < -0.4 is 5.19 Å². The van der Waals surface area contributed by atoms with E-state index in [1.54, 1.807) is 13.8 Å². The number of benzene rings is 1. The Morgan fingerprint density at radius 1 is 1.31 bits per heavy atom. The first kappa shape index (κ1) is 9.99. The Bertz CT molecular complexity index is 293. The highest BCUT2D eigenvalue weighted by Gasteiger charge is 2.27. The Morgan fingerprint density at radius 2 is 1.85 bits per heavy atom. The summed E-state index contributed by atoms with van der Waals surface area (Å²) < 4.78 is 0. The van der Waals surface area contributed by atoms with E-state index in [0.29, 0.717) is 0 Å². The normalized spacial score (nSPS) is 12.2. The molecular weight excluding hydrogens is 180 g/mol. The number of carboxylic acid groups (broad SMARTS) is 1. The van der Waals surface area contributed by atoms with Crippen LogP contribution in [0.4, 0.5) is 0 Å². The molecule has 0 heterocycles. The smallest absolute Gasteiger partial charge is 0.305 e. The Kier molecular flexibility index (Phi) is 2.88. The molecule has 0 atom stereocenters. The predicted octanol–water partition coefficient (Wildman–Crippen LogP) is 0.764. The van der Waals surface area contributed by atoms with Crippen molar-refractivity contribution in [3.8, 4) is 0 Å². The van der Waals surface area contributed by atoms with E-state index < -0.39 is 20.5 Å². The average Bonchev–Trinajstić information content (AvgIpc) is 2.05. The zero-order chi connectivity index (χ0) is 9.90. The Hall–Kier alpha value is -1.09. The van der Waals surface area contributed by atoms with Gasteiger partial charge in [0, 0.05) is 0 Å². The zero-order valence-electron chi connectivity index (χ0n) is 7.95. The third-order valence-corrected chi connectivity index (χ3v) is 4.13. The molecule has 13 heavy (non-hydrogen) atoms. The third kappa shape index (κ3) is 2.70. The van der Waals surface area contributed by atoms with Crippen molar-refractivity contribution in [2.45, 2.75) is 18.9 Å². The Balaban J connectivity index is 2.75. The van der Waals surface area contributed by atoms with Gasteiger partial charge in [-0.15, -0.1) is 0 Å². The molecule has 0 saturated carbocycles. The van der Waals surface area contributed by atoms with Crippen LogP contribution in [0, 0.1) is 0 Å². The molecule has 0 aliphatic heterocycles. The van der Waals surface area contributed by atoms with Gasteiger partial charge in [-0.3, -0.25) is 4.79 Å². The van der Waals surface area contributed by atoms with Crippen LogP contribution in [-0.2, 0) is 4.79 Å². The minimum absolute atomic E-state index is 0.540. The van der Waals surface area contributed by atoms with E-state index in [2.05, 4.69) is 0 Å². The first-order valence-corrected chi connectivity index (χ1v) is 5.71. The molecule has 1 rings (SSSR count). The van der Waals surface area contributed by atoms with Crippen molar-refractivity contribution in [3.05, 3.63) is 30.3 Å². The number of aliphatic carboxylic acids is 1. The maximum absolute atomic E-state index is 10.9. The highest BCUT2D eigenvalue weighted by molar-refractivity contribution is 6.60. The molecule has 0 aliphatic carbocycles. The molecule has 3 heteroatoms. The van der Waals surface area contributed by atoms with E-state index in [0.717, 1.165) is 0 Å². The molecule has 0 fully saturated rings. The molecule has 0 spiro atoms. The van der Waals surface area contributed by atoms with Crippen LogP contribution in [-0.4, -0.2) is 20.6 Å². The largest absolute Gasteiger partial charge is 0.481 e. The fraction of sp³-hybridized carbons (Fsp3) is 0.300. The molecule has 1 N–H and O–H groups in total. The lowest BCUT2D eigenvalue weighted by Gasteiger charge is -2.17. The summed E-state index contributed by atoms with van der Waals surface area (Å²) in [6.45, 7) is 3.60. The van der Waals surface area contributed by atoms with Gasteiger partial charge in [0.05, 0.1) is 14.6 Å². The standard InChI is InChI=1S/C10H14O2Si/c1-10(2,9(11)12)13-8-6-4-3-5-7-8/h3-7H,13H2,1-2H3,(H,11,12). The Labute approximate surface area is 80.4 Å². The van der Waals surface area contributed by atoms with Crippen molar-refractivity contribution in [3.63, 3.8) is 0 Å². The number of rotatable bonds is 3. The molecule has 0 aromatic heterocycles. The summed E-state index contributed by atoms with van der Waals surface area (Å²) in [6.07, 6.45) is 0. The molecular formula is C10H14O2Si. The quantitative estimate of drug-likeness (QED) is 0.721. The fourth-order valence-corrected chi connectivity index (χ4v) is 2.86. The summed E-state index contributed by atoms with van der Waals surface area (Å²) in [6, 6.07) is 9.89. The van der Waals surface area contributed by atoms with Gasteiger partial charge < -0.3 is 5.11 Å². The van der Waals surface area contributed by atoms with Crippen molar-refractivity contribution >= 4 is 20.7 Å². The van der Waals surface area contributed by atoms with Crippen LogP contribution in [0.5, 0.6) is 0 Å². The molecule has 0 bridgehead atoms. The first-order chi connectivity index (χ1) is 6.02. The highest BCUT2D eigenvalue weighted by Crippen LogP contribution is 2.21. The topological polar surface area (TPSA) is 37.3 Å². The molecule has 70 valence electrons. The second-order valence-electron chi connectivity index (χ2n) is 3.85. The van der Waals surface area contributed by atoms with Gasteiger partial charge in [0.2, 0.25) is 0 Å². The summed E-state index contributed by atoms with van der Waals surface area (Å²) in [5.41, 5.74) is 0. The van der Waals surface area contributed by atoms with E-state index in [1.165, 1.54) is 5.19 Å². The van der Waals surface area contributed by atoms with E-state index in [-0.39, 0.29) is 0 Å². The summed E-state index contributed by atoms with van der Waals surface area (Å²) in [5, 5.41) is 9.60. The molecule has 1 aromatic rings. The van der Waals surface area contributed by atoms with Crippen LogP contribution in [0.3, 0.4) is 0 Å². The second-order valence-corrected chi connectivity index (χ2v) is 6.79. The van der Waals surface area contributed by atoms with Crippen molar-refractivity contribution in [1.29, 1.82) is 0 Å². The van der Waals surface area contributed by atoms with Crippen molar-refractivity contribution < 1.29 is 9.90 Å². The molecule has 0 radical (unpaired) electrons. The van der Waals surface area contributed by atoms with Gasteiger partial charge in [0.15, 0.2) is 0 Å². The lowest BCUT2D eigenvalue weighted by Crippen LogP contribution is -2.31. The van der Waals surface area contributed by atoms with Crippen LogP contribution in [0.15, 0.2) is 30.3 Å². The van der Waals surface area contributed by atoms with Gasteiger partial charge >= 0.3 is 5.97 Å². The summed E-state index contributed by atoms with van der Waals surface area (Å²) >= 11 is 0. The third-order valence-electron chi connectivity index (χ3n) is 2.07. The van der Waals surface area contributed by atoms with Crippen molar-refractivity contribution in [2.24, 2.45) is 0 Å². The molecule has 0 amide bonds. The maximum atomic E-state index is 10.9. The van der Waals surface area contributed by atoms with Gasteiger partial charge in [-0.2, -0.15) is 0 Å². The van der Waals surface area contributed by atoms with Crippen LogP contribution in [0.1, 0.15) is 13.8 Å². The van der Waals surface area contributed by atoms with Gasteiger partial charge in [-0.1, -0.05) is 49.4 Å². The minimum Gasteiger partial charge on any atom is -0.481 e. The van der Waals surface area contributed by atoms with E-state index >= 15 is 0 Å². The Morgan fingerprint density at radius 3 is 2.31 bits per heavy atom. The number of carbonyl (C=O) groups is 1. The maximum Gasteiger partial charge on any atom is 0.305 e. The summed E-state index contributed by atoms with van der Waals surface area (Å²) in [5.74, 6) is -0.692. The van der Waals surface area contributed by atoms with Gasteiger partial charge in [0.25, 0.3) is 0 Å². The number of hydrogen-bond acceptors (Lipinski definition) is 1. The van der Waals surface area contributed by atoms with Crippen molar-refractivity contribution in [2.75, 3.05) is 0 Å². The fourth-order valence-electron chi connectivity index (χ4n) is 1.18. The zero-order valence-corrected chi connectivity index (χ0v) is 9.36. The lowest BCUT2D eigenvalue weighted by molar-refractivity contribution is -0.139. The summed E-state index contributed by atoms with van der Waals surface area (Å²) in [7, 11) is -0.730. The molecule has 1 aromatic carbocycles. The number of carboxylic acids is 1. The van der Waals surface area contributed by atoms with Crippen LogP contribution >= 0.6 is 0 Å². The molecule has 2 nitrogen and oxygen atoms in total. The van der Waals surface area contributed by atoms with Crippen LogP contribution in [0.2, 0.25) is 5.04 Å². The van der Waals surface area contributed by atoms with Gasteiger partial charge in [0.1, 0.15) is 0 Å². The minimum atomic E-state index is -0.730. The van der Waals surface area contributed by atoms with Gasteiger partial charge in [-0.05, 0) is 0 Å². The van der Waals surface area contributed by atoms with Gasteiger partial charge in [-0.25, -0.2) is 0 Å². The van der Waals surface area contributed by atoms with E-state index in [1.807, 2.05) is 30.3 Å². The van der Waals surface area contributed by atoms with Crippen LogP contribution in [0.25, 0.3) is 0 Å². The van der Waals surface area contributed by atoms with Crippen molar-refractivity contribution in [1.82, 2.24) is 0 Å². The predicted molar refractivity (Wildman–Crippen MR) is 56.3 cm³/mol. The van der Waals surface area contributed by atoms with E-state index in [9.17, 15) is 4.79 Å². The monoisotopic (exact) mass is 194 g/mol. The highest BCUT2D eigenvalue weighted by atomic mass is 28.2. The summed E-state index contributed by atoms with van der Waals surface area (Å²) in [4.78, 5) is 10.9. The first-order valence-electron chi connectivity index (χ1n) is 4.30. The molecule has 0 unspecified atom stereocenters. The molecule has 0 aliphatic rings.